The Labute approximate surface area is 89.5 Å². The summed E-state index contributed by atoms with van der Waals surface area (Å²) in [5, 5.41) is 0. The Kier molecular flexibility index (Phi) is 4.66. The zero-order valence-corrected chi connectivity index (χ0v) is 9.27. The highest BCUT2D eigenvalue weighted by molar-refractivity contribution is 9.09. The minimum atomic E-state index is -4.16. The fourth-order valence-electron chi connectivity index (χ4n) is 1.31. The van der Waals surface area contributed by atoms with Gasteiger partial charge in [0, 0.05) is 26.2 Å². The third-order valence-electron chi connectivity index (χ3n) is 2.09. The normalized spacial score (nSPS) is 23.1. The summed E-state index contributed by atoms with van der Waals surface area (Å²) in [7, 11) is 0. The molecule has 1 rings (SSSR count). The van der Waals surface area contributed by atoms with E-state index in [1.54, 1.807) is 4.90 Å². The molecule has 1 unspecified atom stereocenters. The van der Waals surface area contributed by atoms with Crippen molar-refractivity contribution < 1.29 is 17.9 Å². The lowest BCUT2D eigenvalue weighted by molar-refractivity contribution is -0.130. The van der Waals surface area contributed by atoms with Crippen molar-refractivity contribution in [1.29, 1.82) is 0 Å². The number of alkyl halides is 4. The number of nitrogens with zero attached hydrogens (tertiary/aromatic N) is 1. The van der Waals surface area contributed by atoms with Crippen molar-refractivity contribution in [3.05, 3.63) is 0 Å². The van der Waals surface area contributed by atoms with E-state index >= 15 is 0 Å². The first kappa shape index (κ1) is 12.3. The molecule has 1 atom stereocenters. The Morgan fingerprint density at radius 2 is 2.00 bits per heavy atom. The minimum absolute atomic E-state index is 0.00681. The molecule has 1 aliphatic heterocycles. The van der Waals surface area contributed by atoms with E-state index in [2.05, 4.69) is 15.9 Å². The highest BCUT2D eigenvalue weighted by Crippen LogP contribution is 2.27. The molecule has 1 aliphatic rings. The van der Waals surface area contributed by atoms with Crippen LogP contribution in [0.15, 0.2) is 0 Å². The van der Waals surface area contributed by atoms with Crippen LogP contribution in [-0.4, -0.2) is 48.8 Å². The predicted molar refractivity (Wildman–Crippen MR) is 50.6 cm³/mol. The summed E-state index contributed by atoms with van der Waals surface area (Å²) >= 11 is 2.65. The van der Waals surface area contributed by atoms with E-state index in [1.165, 1.54) is 0 Å². The molecule has 2 nitrogen and oxygen atoms in total. The highest BCUT2D eigenvalue weighted by Gasteiger charge is 2.38. The molecule has 0 radical (unpaired) electrons. The molecule has 0 N–H and O–H groups in total. The molecular formula is C8H13BrF3NO. The largest absolute Gasteiger partial charge is 0.402 e. The van der Waals surface area contributed by atoms with Crippen LogP contribution in [-0.2, 0) is 4.74 Å². The van der Waals surface area contributed by atoms with Gasteiger partial charge < -0.3 is 4.74 Å². The quantitative estimate of drug-likeness (QED) is 0.716. The smallest absolute Gasteiger partial charge is 0.380 e. The summed E-state index contributed by atoms with van der Waals surface area (Å²) in [5.41, 5.74) is 0. The maximum absolute atomic E-state index is 12.2. The Bertz CT molecular complexity index is 168. The topological polar surface area (TPSA) is 12.5 Å². The predicted octanol–water partition coefficient (Wildman–Crippen LogP) is 2.03. The van der Waals surface area contributed by atoms with Crippen molar-refractivity contribution in [2.24, 2.45) is 0 Å². The van der Waals surface area contributed by atoms with E-state index < -0.39 is 11.0 Å². The van der Waals surface area contributed by atoms with Crippen LogP contribution in [0.5, 0.6) is 0 Å². The zero-order chi connectivity index (χ0) is 10.6. The van der Waals surface area contributed by atoms with Crippen molar-refractivity contribution in [3.8, 4) is 0 Å². The summed E-state index contributed by atoms with van der Waals surface area (Å²) < 4.78 is 41.8. The fourth-order valence-corrected chi connectivity index (χ4v) is 1.72. The van der Waals surface area contributed by atoms with Gasteiger partial charge in [-0.15, -0.1) is 0 Å². The van der Waals surface area contributed by atoms with Gasteiger partial charge in [-0.3, -0.25) is 4.90 Å². The lowest BCUT2D eigenvalue weighted by Crippen LogP contribution is -2.38. The van der Waals surface area contributed by atoms with Gasteiger partial charge in [-0.2, -0.15) is 13.2 Å². The standard InChI is InChI=1S/C8H13BrF3NO/c9-7(8(10,11)12)6-13-2-1-4-14-5-3-13/h7H,1-6H2. The van der Waals surface area contributed by atoms with Gasteiger partial charge in [-0.05, 0) is 6.42 Å². The molecule has 14 heavy (non-hydrogen) atoms. The van der Waals surface area contributed by atoms with E-state index in [9.17, 15) is 13.2 Å². The van der Waals surface area contributed by atoms with Gasteiger partial charge in [0.15, 0.2) is 0 Å². The van der Waals surface area contributed by atoms with E-state index in [0.29, 0.717) is 26.3 Å². The molecule has 1 heterocycles. The molecular weight excluding hydrogens is 263 g/mol. The molecule has 0 aromatic rings. The molecule has 0 aromatic carbocycles. The lowest BCUT2D eigenvalue weighted by atomic mass is 10.3. The molecule has 0 spiro atoms. The van der Waals surface area contributed by atoms with Crippen molar-refractivity contribution in [3.63, 3.8) is 0 Å². The molecule has 84 valence electrons. The van der Waals surface area contributed by atoms with E-state index in [0.717, 1.165) is 6.42 Å². The number of hydrogen-bond donors (Lipinski definition) is 0. The van der Waals surface area contributed by atoms with E-state index in [4.69, 9.17) is 4.74 Å². The second kappa shape index (κ2) is 5.32. The first-order valence-corrected chi connectivity index (χ1v) is 5.42. The molecule has 0 saturated carbocycles. The monoisotopic (exact) mass is 275 g/mol. The van der Waals surface area contributed by atoms with Gasteiger partial charge in [-0.1, -0.05) is 15.9 Å². The Morgan fingerprint density at radius 3 is 2.64 bits per heavy atom. The second-order valence-corrected chi connectivity index (χ2v) is 4.38. The summed E-state index contributed by atoms with van der Waals surface area (Å²) in [6.45, 7) is 2.44. The summed E-state index contributed by atoms with van der Waals surface area (Å²) in [6.07, 6.45) is -3.36. The maximum Gasteiger partial charge on any atom is 0.402 e. The summed E-state index contributed by atoms with van der Waals surface area (Å²) in [5.74, 6) is 0. The van der Waals surface area contributed by atoms with E-state index in [-0.39, 0.29) is 6.54 Å². The summed E-state index contributed by atoms with van der Waals surface area (Å²) in [4.78, 5) is 0.341. The van der Waals surface area contributed by atoms with Crippen molar-refractivity contribution in [2.75, 3.05) is 32.8 Å². The maximum atomic E-state index is 12.2. The van der Waals surface area contributed by atoms with Crippen LogP contribution in [0.1, 0.15) is 6.42 Å². The molecule has 6 heteroatoms. The Balaban J connectivity index is 2.34. The molecule has 0 aliphatic carbocycles. The number of hydrogen-bond acceptors (Lipinski definition) is 2. The van der Waals surface area contributed by atoms with Crippen LogP contribution < -0.4 is 0 Å². The van der Waals surface area contributed by atoms with Gasteiger partial charge in [-0.25, -0.2) is 0 Å². The molecule has 0 amide bonds. The highest BCUT2D eigenvalue weighted by atomic mass is 79.9. The molecule has 1 fully saturated rings. The molecule has 0 aromatic heterocycles. The first-order valence-electron chi connectivity index (χ1n) is 4.51. The third kappa shape index (κ3) is 4.14. The van der Waals surface area contributed by atoms with E-state index in [1.807, 2.05) is 0 Å². The fraction of sp³-hybridized carbons (Fsp3) is 1.00. The van der Waals surface area contributed by atoms with Crippen LogP contribution in [0, 0.1) is 0 Å². The number of ether oxygens (including phenoxy) is 1. The van der Waals surface area contributed by atoms with Crippen LogP contribution in [0.25, 0.3) is 0 Å². The van der Waals surface area contributed by atoms with Gasteiger partial charge in [0.1, 0.15) is 4.83 Å². The van der Waals surface area contributed by atoms with Crippen molar-refractivity contribution in [2.45, 2.75) is 17.4 Å². The first-order chi connectivity index (χ1) is 6.50. The molecule has 1 saturated heterocycles. The Morgan fingerprint density at radius 1 is 1.29 bits per heavy atom. The average Bonchev–Trinajstić information content (AvgIpc) is 2.31. The van der Waals surface area contributed by atoms with Crippen LogP contribution in [0.2, 0.25) is 0 Å². The lowest BCUT2D eigenvalue weighted by Gasteiger charge is -2.23. The molecule has 0 bridgehead atoms. The average molecular weight is 276 g/mol. The van der Waals surface area contributed by atoms with Crippen LogP contribution in [0.4, 0.5) is 13.2 Å². The van der Waals surface area contributed by atoms with Crippen molar-refractivity contribution >= 4 is 15.9 Å². The van der Waals surface area contributed by atoms with Gasteiger partial charge >= 0.3 is 6.18 Å². The zero-order valence-electron chi connectivity index (χ0n) is 7.69. The van der Waals surface area contributed by atoms with Crippen LogP contribution in [0.3, 0.4) is 0 Å². The van der Waals surface area contributed by atoms with Gasteiger partial charge in [0.05, 0.1) is 6.61 Å². The third-order valence-corrected chi connectivity index (χ3v) is 2.90. The number of rotatable bonds is 2. The van der Waals surface area contributed by atoms with Crippen LogP contribution >= 0.6 is 15.9 Å². The summed E-state index contributed by atoms with van der Waals surface area (Å²) in [6, 6.07) is 0. The van der Waals surface area contributed by atoms with Gasteiger partial charge in [0.2, 0.25) is 0 Å². The van der Waals surface area contributed by atoms with Gasteiger partial charge in [0.25, 0.3) is 0 Å². The number of halogens is 4. The Hall–Kier alpha value is 0.190. The second-order valence-electron chi connectivity index (χ2n) is 3.28. The SMILES string of the molecule is FC(F)(F)C(Br)CN1CCCOCC1. The minimum Gasteiger partial charge on any atom is -0.380 e. The van der Waals surface area contributed by atoms with Crippen molar-refractivity contribution in [1.82, 2.24) is 4.90 Å².